The molecule has 0 aliphatic heterocycles. The monoisotopic (exact) mass is 387 g/mol. The second-order valence-corrected chi connectivity index (χ2v) is 7.73. The molecule has 146 valence electrons. The number of Topliss-reactive ketones (excluding diaryl/α,β-unsaturated/α-hetero) is 1. The van der Waals surface area contributed by atoms with Crippen LogP contribution in [0.25, 0.3) is 16.6 Å². The minimum Gasteiger partial charge on any atom is -0.334 e. The van der Waals surface area contributed by atoms with Gasteiger partial charge in [0.2, 0.25) is 0 Å². The van der Waals surface area contributed by atoms with Crippen LogP contribution in [0.1, 0.15) is 34.7 Å². The van der Waals surface area contributed by atoms with E-state index in [1.807, 2.05) is 37.4 Å². The number of halogens is 1. The Hall–Kier alpha value is -3.21. The molecule has 2 aromatic heterocycles. The number of benzene rings is 2. The predicted molar refractivity (Wildman–Crippen MR) is 111 cm³/mol. The van der Waals surface area contributed by atoms with E-state index in [0.717, 1.165) is 52.9 Å². The SMILES string of the molecule is Cc1nccn1CC1CCCc2c(c3ccccc3n2-c2ccc(F)cc2)C1=O. The number of imidazole rings is 1. The fourth-order valence-corrected chi connectivity index (χ4v) is 4.55. The quantitative estimate of drug-likeness (QED) is 0.458. The van der Waals surface area contributed by atoms with Gasteiger partial charge in [0.15, 0.2) is 5.78 Å². The molecule has 0 N–H and O–H groups in total. The van der Waals surface area contributed by atoms with E-state index in [1.165, 1.54) is 12.1 Å². The maximum atomic E-state index is 13.7. The van der Waals surface area contributed by atoms with Crippen molar-refractivity contribution in [1.29, 1.82) is 0 Å². The number of carbonyl (C=O) groups is 1. The highest BCUT2D eigenvalue weighted by Gasteiger charge is 2.31. The molecule has 0 fully saturated rings. The summed E-state index contributed by atoms with van der Waals surface area (Å²) in [6.07, 6.45) is 6.34. The molecule has 2 aromatic carbocycles. The van der Waals surface area contributed by atoms with Crippen LogP contribution in [0.4, 0.5) is 4.39 Å². The van der Waals surface area contributed by atoms with E-state index in [2.05, 4.69) is 14.1 Å². The zero-order valence-electron chi connectivity index (χ0n) is 16.3. The number of ketones is 1. The number of rotatable bonds is 3. The van der Waals surface area contributed by atoms with Crippen molar-refractivity contribution < 1.29 is 9.18 Å². The Labute approximate surface area is 168 Å². The van der Waals surface area contributed by atoms with Crippen LogP contribution in [0.15, 0.2) is 60.9 Å². The first kappa shape index (κ1) is 17.9. The van der Waals surface area contributed by atoms with E-state index in [-0.39, 0.29) is 17.5 Å². The number of para-hydroxylation sites is 1. The lowest BCUT2D eigenvalue weighted by atomic mass is 9.94. The standard InChI is InChI=1S/C24H22FN3O/c1-16-26-13-14-27(16)15-17-5-4-8-22-23(24(17)29)20-6-2-3-7-21(20)28(22)19-11-9-18(25)10-12-19/h2-3,6-7,9-14,17H,4-5,8,15H2,1H3. The summed E-state index contributed by atoms with van der Waals surface area (Å²) in [5.74, 6) is 0.790. The number of aryl methyl sites for hydroxylation is 1. The summed E-state index contributed by atoms with van der Waals surface area (Å²) in [4.78, 5) is 18.0. The molecule has 1 aliphatic carbocycles. The van der Waals surface area contributed by atoms with Crippen molar-refractivity contribution in [1.82, 2.24) is 14.1 Å². The molecule has 5 heteroatoms. The summed E-state index contributed by atoms with van der Waals surface area (Å²) >= 11 is 0. The van der Waals surface area contributed by atoms with Crippen molar-refractivity contribution in [3.8, 4) is 5.69 Å². The van der Waals surface area contributed by atoms with Gasteiger partial charge in [0.05, 0.1) is 5.52 Å². The zero-order chi connectivity index (χ0) is 20.0. The molecule has 0 radical (unpaired) electrons. The molecule has 0 spiro atoms. The molecule has 1 atom stereocenters. The van der Waals surface area contributed by atoms with Gasteiger partial charge in [-0.3, -0.25) is 4.79 Å². The van der Waals surface area contributed by atoms with Crippen molar-refractivity contribution in [3.63, 3.8) is 0 Å². The molecule has 1 aliphatic rings. The van der Waals surface area contributed by atoms with E-state index >= 15 is 0 Å². The zero-order valence-corrected chi connectivity index (χ0v) is 16.3. The number of aromatic nitrogens is 3. The van der Waals surface area contributed by atoms with Crippen LogP contribution in [0.3, 0.4) is 0 Å². The van der Waals surface area contributed by atoms with Gasteiger partial charge in [-0.15, -0.1) is 0 Å². The minimum absolute atomic E-state index is 0.0726. The largest absolute Gasteiger partial charge is 0.334 e. The Bertz CT molecular complexity index is 1200. The van der Waals surface area contributed by atoms with Crippen molar-refractivity contribution in [2.45, 2.75) is 32.7 Å². The molecule has 0 bridgehead atoms. The third-order valence-electron chi connectivity index (χ3n) is 5.98. The molecule has 4 nitrogen and oxygen atoms in total. The van der Waals surface area contributed by atoms with Gasteiger partial charge < -0.3 is 9.13 Å². The van der Waals surface area contributed by atoms with Crippen molar-refractivity contribution in [3.05, 3.63) is 83.8 Å². The average molecular weight is 387 g/mol. The van der Waals surface area contributed by atoms with Gasteiger partial charge in [0.1, 0.15) is 11.6 Å². The Kier molecular flexibility index (Phi) is 4.31. The van der Waals surface area contributed by atoms with Crippen molar-refractivity contribution >= 4 is 16.7 Å². The van der Waals surface area contributed by atoms with Gasteiger partial charge in [-0.05, 0) is 56.5 Å². The Morgan fingerprint density at radius 3 is 2.69 bits per heavy atom. The smallest absolute Gasteiger partial charge is 0.170 e. The second-order valence-electron chi connectivity index (χ2n) is 7.73. The molecule has 5 rings (SSSR count). The summed E-state index contributed by atoms with van der Waals surface area (Å²) in [6, 6.07) is 14.5. The van der Waals surface area contributed by atoms with Crippen LogP contribution >= 0.6 is 0 Å². The second kappa shape index (κ2) is 6.99. The molecular weight excluding hydrogens is 365 g/mol. The molecule has 2 heterocycles. The number of fused-ring (bicyclic) bond motifs is 3. The number of hydrogen-bond donors (Lipinski definition) is 0. The summed E-state index contributed by atoms with van der Waals surface area (Å²) in [5.41, 5.74) is 3.75. The number of hydrogen-bond acceptors (Lipinski definition) is 2. The van der Waals surface area contributed by atoms with Crippen LogP contribution in [0, 0.1) is 18.7 Å². The van der Waals surface area contributed by atoms with Gasteiger partial charge >= 0.3 is 0 Å². The van der Waals surface area contributed by atoms with E-state index in [1.54, 1.807) is 18.3 Å². The molecule has 0 amide bonds. The van der Waals surface area contributed by atoms with Gasteiger partial charge in [0.25, 0.3) is 0 Å². The highest BCUT2D eigenvalue weighted by atomic mass is 19.1. The predicted octanol–water partition coefficient (Wildman–Crippen LogP) is 5.11. The first-order valence-electron chi connectivity index (χ1n) is 10.0. The summed E-state index contributed by atoms with van der Waals surface area (Å²) < 4.78 is 17.7. The van der Waals surface area contributed by atoms with Crippen LogP contribution in [-0.2, 0) is 13.0 Å². The van der Waals surface area contributed by atoms with E-state index < -0.39 is 0 Å². The third kappa shape index (κ3) is 2.97. The lowest BCUT2D eigenvalue weighted by molar-refractivity contribution is 0.0903. The lowest BCUT2D eigenvalue weighted by Crippen LogP contribution is -2.20. The fourth-order valence-electron chi connectivity index (χ4n) is 4.55. The lowest BCUT2D eigenvalue weighted by Gasteiger charge is -2.15. The van der Waals surface area contributed by atoms with Crippen molar-refractivity contribution in [2.24, 2.45) is 5.92 Å². The molecule has 0 saturated carbocycles. The van der Waals surface area contributed by atoms with Gasteiger partial charge in [-0.25, -0.2) is 9.37 Å². The Morgan fingerprint density at radius 2 is 1.93 bits per heavy atom. The Morgan fingerprint density at radius 1 is 1.14 bits per heavy atom. The van der Waals surface area contributed by atoms with E-state index in [0.29, 0.717) is 6.54 Å². The number of nitrogens with zero attached hydrogens (tertiary/aromatic N) is 3. The highest BCUT2D eigenvalue weighted by Crippen LogP contribution is 2.36. The Balaban J connectivity index is 1.66. The highest BCUT2D eigenvalue weighted by molar-refractivity contribution is 6.11. The van der Waals surface area contributed by atoms with Gasteiger partial charge in [-0.2, -0.15) is 0 Å². The maximum absolute atomic E-state index is 13.7. The molecule has 4 aromatic rings. The van der Waals surface area contributed by atoms with Crippen LogP contribution in [-0.4, -0.2) is 19.9 Å². The van der Waals surface area contributed by atoms with Gasteiger partial charge in [0, 0.05) is 47.2 Å². The molecule has 0 saturated heterocycles. The van der Waals surface area contributed by atoms with Crippen LogP contribution < -0.4 is 0 Å². The third-order valence-corrected chi connectivity index (χ3v) is 5.98. The first-order valence-corrected chi connectivity index (χ1v) is 10.0. The average Bonchev–Trinajstić information content (AvgIpc) is 3.23. The summed E-state index contributed by atoms with van der Waals surface area (Å²) in [5, 5.41) is 0.978. The molecular formula is C24H22FN3O. The van der Waals surface area contributed by atoms with Crippen LogP contribution in [0.5, 0.6) is 0 Å². The fraction of sp³-hybridized carbons (Fsp3) is 0.250. The maximum Gasteiger partial charge on any atom is 0.170 e. The van der Waals surface area contributed by atoms with Crippen molar-refractivity contribution in [2.75, 3.05) is 0 Å². The van der Waals surface area contributed by atoms with E-state index in [9.17, 15) is 9.18 Å². The topological polar surface area (TPSA) is 39.8 Å². The van der Waals surface area contributed by atoms with Gasteiger partial charge in [-0.1, -0.05) is 18.2 Å². The van der Waals surface area contributed by atoms with E-state index in [4.69, 9.17) is 0 Å². The molecule has 29 heavy (non-hydrogen) atoms. The number of carbonyl (C=O) groups excluding carboxylic acids is 1. The summed E-state index contributed by atoms with van der Waals surface area (Å²) in [7, 11) is 0. The minimum atomic E-state index is -0.261. The normalized spacial score (nSPS) is 16.8. The summed E-state index contributed by atoms with van der Waals surface area (Å²) in [6.45, 7) is 2.62. The van der Waals surface area contributed by atoms with Crippen LogP contribution in [0.2, 0.25) is 0 Å². The first-order chi connectivity index (χ1) is 14.1. The molecule has 1 unspecified atom stereocenters.